The number of likely N-dealkylation sites (N-methyl/N-ethyl adjacent to an activating group) is 1. The van der Waals surface area contributed by atoms with Gasteiger partial charge in [-0.2, -0.15) is 11.3 Å². The molecule has 0 aliphatic rings. The quantitative estimate of drug-likeness (QED) is 0.253. The Balaban J connectivity index is 0.00000300. The van der Waals surface area contributed by atoms with E-state index >= 15 is 0 Å². The Labute approximate surface area is 193 Å². The Morgan fingerprint density at radius 3 is 2.69 bits per heavy atom. The van der Waals surface area contributed by atoms with Crippen molar-refractivity contribution in [2.45, 2.75) is 33.4 Å². The van der Waals surface area contributed by atoms with Gasteiger partial charge in [0, 0.05) is 19.3 Å². The highest BCUT2D eigenvalue weighted by Crippen LogP contribution is 2.22. The molecule has 0 spiro atoms. The van der Waals surface area contributed by atoms with Crippen LogP contribution in [0.15, 0.2) is 46.2 Å². The minimum atomic E-state index is 0. The van der Waals surface area contributed by atoms with Gasteiger partial charge in [0.2, 0.25) is 0 Å². The third kappa shape index (κ3) is 6.13. The summed E-state index contributed by atoms with van der Waals surface area (Å²) >= 11 is 1.74. The van der Waals surface area contributed by atoms with Gasteiger partial charge in [-0.05, 0) is 54.5 Å². The van der Waals surface area contributed by atoms with Gasteiger partial charge in [-0.15, -0.1) is 34.2 Å². The Hall–Kier alpha value is -1.72. The number of nitrogens with one attached hydrogen (secondary N) is 2. The van der Waals surface area contributed by atoms with Crippen molar-refractivity contribution in [3.63, 3.8) is 0 Å². The molecule has 0 bridgehead atoms. The van der Waals surface area contributed by atoms with Crippen LogP contribution in [0.4, 0.5) is 0 Å². The molecule has 0 fully saturated rings. The molecule has 0 saturated heterocycles. The number of nitrogens with zero attached hydrogens (tertiary/aromatic N) is 5. The summed E-state index contributed by atoms with van der Waals surface area (Å²) < 4.78 is 1.97. The molecule has 9 heteroatoms. The van der Waals surface area contributed by atoms with Crippen LogP contribution in [0.1, 0.15) is 38.2 Å². The van der Waals surface area contributed by atoms with E-state index < -0.39 is 0 Å². The summed E-state index contributed by atoms with van der Waals surface area (Å²) in [5.41, 5.74) is 2.19. The standard InChI is InChI=1S/C20H29N7S.HI/c1-4-21-20(23-14-19-25-24-18-9-7-8-11-27(18)19)22-13-17(26(5-2)6-3)16-10-12-28-15-16;/h7-12,15,17H,4-6,13-14H2,1-3H3,(H2,21,22,23);1H. The number of fused-ring (bicyclic) bond motifs is 1. The first-order valence-electron chi connectivity index (χ1n) is 9.83. The summed E-state index contributed by atoms with van der Waals surface area (Å²) in [6.45, 7) is 10.6. The fraction of sp³-hybridized carbons (Fsp3) is 0.450. The topological polar surface area (TPSA) is 69.8 Å². The molecular formula is C20H30IN7S. The van der Waals surface area contributed by atoms with Crippen LogP contribution in [0.25, 0.3) is 5.65 Å². The number of pyridine rings is 1. The lowest BCUT2D eigenvalue weighted by atomic mass is 10.1. The maximum absolute atomic E-state index is 4.73. The van der Waals surface area contributed by atoms with Gasteiger partial charge in [0.15, 0.2) is 17.4 Å². The highest BCUT2D eigenvalue weighted by molar-refractivity contribution is 14.0. The number of guanidine groups is 1. The molecule has 158 valence electrons. The van der Waals surface area contributed by atoms with Crippen molar-refractivity contribution in [1.29, 1.82) is 0 Å². The third-order valence-corrected chi connectivity index (χ3v) is 5.45. The molecule has 0 aliphatic carbocycles. The van der Waals surface area contributed by atoms with Gasteiger partial charge < -0.3 is 10.6 Å². The summed E-state index contributed by atoms with van der Waals surface area (Å²) in [7, 11) is 0. The predicted octanol–water partition coefficient (Wildman–Crippen LogP) is 3.55. The number of aliphatic imine (C=N–C) groups is 1. The number of aromatic nitrogens is 3. The van der Waals surface area contributed by atoms with Crippen LogP contribution in [0.5, 0.6) is 0 Å². The van der Waals surface area contributed by atoms with Crippen molar-refractivity contribution in [2.24, 2.45) is 4.99 Å². The van der Waals surface area contributed by atoms with Gasteiger partial charge >= 0.3 is 0 Å². The molecule has 0 amide bonds. The van der Waals surface area contributed by atoms with E-state index in [9.17, 15) is 0 Å². The van der Waals surface area contributed by atoms with E-state index in [2.05, 4.69) is 63.3 Å². The molecule has 3 rings (SSSR count). The lowest BCUT2D eigenvalue weighted by molar-refractivity contribution is 0.219. The fourth-order valence-corrected chi connectivity index (χ4v) is 3.98. The molecule has 0 saturated carbocycles. The van der Waals surface area contributed by atoms with Crippen molar-refractivity contribution in [3.8, 4) is 0 Å². The van der Waals surface area contributed by atoms with Gasteiger partial charge in [-0.1, -0.05) is 19.9 Å². The van der Waals surface area contributed by atoms with Crippen LogP contribution in [0, 0.1) is 0 Å². The first-order valence-corrected chi connectivity index (χ1v) is 10.8. The molecule has 0 aromatic carbocycles. The van der Waals surface area contributed by atoms with Gasteiger partial charge in [-0.3, -0.25) is 9.30 Å². The summed E-state index contributed by atoms with van der Waals surface area (Å²) in [4.78, 5) is 7.19. The second-order valence-corrected chi connectivity index (χ2v) is 7.19. The zero-order valence-electron chi connectivity index (χ0n) is 17.2. The summed E-state index contributed by atoms with van der Waals surface area (Å²) in [5, 5.41) is 19.7. The Morgan fingerprint density at radius 2 is 2.00 bits per heavy atom. The van der Waals surface area contributed by atoms with Crippen LogP contribution >= 0.6 is 35.3 Å². The average molecular weight is 527 g/mol. The Bertz CT molecular complexity index is 874. The number of hydrogen-bond donors (Lipinski definition) is 2. The number of hydrogen-bond acceptors (Lipinski definition) is 5. The van der Waals surface area contributed by atoms with E-state index in [1.165, 1.54) is 5.56 Å². The average Bonchev–Trinajstić information content (AvgIpc) is 3.39. The lowest BCUT2D eigenvalue weighted by Gasteiger charge is -2.30. The molecule has 3 aromatic rings. The molecular weight excluding hydrogens is 497 g/mol. The summed E-state index contributed by atoms with van der Waals surface area (Å²) in [6, 6.07) is 8.41. The molecule has 0 radical (unpaired) electrons. The fourth-order valence-electron chi connectivity index (χ4n) is 3.27. The van der Waals surface area contributed by atoms with Crippen molar-refractivity contribution in [2.75, 3.05) is 26.2 Å². The highest BCUT2D eigenvalue weighted by Gasteiger charge is 2.18. The van der Waals surface area contributed by atoms with Crippen molar-refractivity contribution in [3.05, 3.63) is 52.6 Å². The highest BCUT2D eigenvalue weighted by atomic mass is 127. The molecule has 0 aliphatic heterocycles. The van der Waals surface area contributed by atoms with E-state index in [-0.39, 0.29) is 24.0 Å². The molecule has 29 heavy (non-hydrogen) atoms. The third-order valence-electron chi connectivity index (χ3n) is 4.75. The largest absolute Gasteiger partial charge is 0.357 e. The molecule has 7 nitrogen and oxygen atoms in total. The van der Waals surface area contributed by atoms with Crippen molar-refractivity contribution in [1.82, 2.24) is 30.1 Å². The number of thiophene rings is 1. The zero-order valence-corrected chi connectivity index (χ0v) is 20.4. The molecule has 3 aromatic heterocycles. The predicted molar refractivity (Wildman–Crippen MR) is 131 cm³/mol. The lowest BCUT2D eigenvalue weighted by Crippen LogP contribution is -2.43. The second-order valence-electron chi connectivity index (χ2n) is 6.41. The van der Waals surface area contributed by atoms with Gasteiger partial charge in [0.05, 0.1) is 6.04 Å². The van der Waals surface area contributed by atoms with E-state index in [1.54, 1.807) is 11.3 Å². The van der Waals surface area contributed by atoms with E-state index in [0.29, 0.717) is 12.6 Å². The minimum Gasteiger partial charge on any atom is -0.357 e. The van der Waals surface area contributed by atoms with E-state index in [4.69, 9.17) is 4.99 Å². The van der Waals surface area contributed by atoms with Crippen LogP contribution < -0.4 is 10.6 Å². The van der Waals surface area contributed by atoms with Crippen LogP contribution in [-0.4, -0.2) is 51.6 Å². The number of halogens is 1. The van der Waals surface area contributed by atoms with E-state index in [1.807, 2.05) is 28.8 Å². The monoisotopic (exact) mass is 527 g/mol. The molecule has 2 N–H and O–H groups in total. The van der Waals surface area contributed by atoms with E-state index in [0.717, 1.165) is 43.6 Å². The Kier molecular flexibility index (Phi) is 9.82. The van der Waals surface area contributed by atoms with Crippen LogP contribution in [0.3, 0.4) is 0 Å². The zero-order chi connectivity index (χ0) is 19.8. The molecule has 1 atom stereocenters. The smallest absolute Gasteiger partial charge is 0.191 e. The van der Waals surface area contributed by atoms with Crippen LogP contribution in [-0.2, 0) is 6.54 Å². The Morgan fingerprint density at radius 1 is 1.17 bits per heavy atom. The molecule has 3 heterocycles. The molecule has 1 unspecified atom stereocenters. The van der Waals surface area contributed by atoms with Crippen molar-refractivity contribution >= 4 is 46.9 Å². The second kappa shape index (κ2) is 12.1. The van der Waals surface area contributed by atoms with Gasteiger partial charge in [0.25, 0.3) is 0 Å². The summed E-state index contributed by atoms with van der Waals surface area (Å²) in [6.07, 6.45) is 1.97. The van der Waals surface area contributed by atoms with Gasteiger partial charge in [-0.25, -0.2) is 4.99 Å². The van der Waals surface area contributed by atoms with Crippen LogP contribution in [0.2, 0.25) is 0 Å². The summed E-state index contributed by atoms with van der Waals surface area (Å²) in [5.74, 6) is 1.62. The maximum atomic E-state index is 4.73. The maximum Gasteiger partial charge on any atom is 0.191 e. The first kappa shape index (κ1) is 23.6. The first-order chi connectivity index (χ1) is 13.8. The SMILES string of the molecule is CCNC(=NCc1nnc2ccccn12)NCC(c1ccsc1)N(CC)CC.I. The van der Waals surface area contributed by atoms with Gasteiger partial charge in [0.1, 0.15) is 6.54 Å². The normalized spacial score (nSPS) is 12.8. The minimum absolute atomic E-state index is 0. The van der Waals surface area contributed by atoms with Crippen molar-refractivity contribution < 1.29 is 0 Å². The number of rotatable bonds is 9.